The van der Waals surface area contributed by atoms with Crippen molar-refractivity contribution in [3.05, 3.63) is 53.0 Å². The summed E-state index contributed by atoms with van der Waals surface area (Å²) >= 11 is 3.54. The van der Waals surface area contributed by atoms with Crippen LogP contribution in [0.2, 0.25) is 0 Å². The van der Waals surface area contributed by atoms with Crippen molar-refractivity contribution < 1.29 is 4.42 Å². The second-order valence-corrected chi connectivity index (χ2v) is 6.86. The third-order valence-corrected chi connectivity index (χ3v) is 4.79. The average Bonchev–Trinajstić information content (AvgIpc) is 3.19. The molecule has 1 aromatic heterocycles. The summed E-state index contributed by atoms with van der Waals surface area (Å²) in [6.07, 6.45) is 1.18. The molecule has 118 valence electrons. The number of fused-ring (bicyclic) bond motifs is 1. The van der Waals surface area contributed by atoms with Crippen molar-refractivity contribution in [2.45, 2.75) is 6.42 Å². The molecule has 4 nitrogen and oxygen atoms in total. The monoisotopic (exact) mass is 371 g/mol. The van der Waals surface area contributed by atoms with Crippen molar-refractivity contribution in [3.8, 4) is 0 Å². The lowest BCUT2D eigenvalue weighted by atomic mass is 10.1. The number of nitrogens with one attached hydrogen (secondary N) is 1. The lowest BCUT2D eigenvalue weighted by Gasteiger charge is -2.19. The Labute approximate surface area is 143 Å². The number of para-hydroxylation sites is 2. The number of anilines is 2. The molecule has 2 heterocycles. The van der Waals surface area contributed by atoms with E-state index in [1.165, 1.54) is 12.1 Å². The molecule has 1 atom stereocenters. The van der Waals surface area contributed by atoms with Crippen LogP contribution in [0.3, 0.4) is 0 Å². The van der Waals surface area contributed by atoms with Crippen molar-refractivity contribution >= 4 is 38.7 Å². The summed E-state index contributed by atoms with van der Waals surface area (Å²) in [4.78, 5) is 6.90. The Balaban J connectivity index is 1.37. The first-order valence-corrected chi connectivity index (χ1v) is 8.67. The quantitative estimate of drug-likeness (QED) is 0.731. The summed E-state index contributed by atoms with van der Waals surface area (Å²) in [5, 5.41) is 3.35. The van der Waals surface area contributed by atoms with Crippen molar-refractivity contribution in [2.24, 2.45) is 5.92 Å². The van der Waals surface area contributed by atoms with Gasteiger partial charge in [-0.05, 0) is 42.7 Å². The molecule has 0 unspecified atom stereocenters. The van der Waals surface area contributed by atoms with E-state index in [1.807, 2.05) is 24.3 Å². The van der Waals surface area contributed by atoms with E-state index < -0.39 is 0 Å². The van der Waals surface area contributed by atoms with E-state index in [9.17, 15) is 0 Å². The third kappa shape index (κ3) is 3.20. The van der Waals surface area contributed by atoms with Gasteiger partial charge in [0.2, 0.25) is 0 Å². The molecule has 4 rings (SSSR count). The molecule has 0 amide bonds. The Morgan fingerprint density at radius 2 is 2.13 bits per heavy atom. The van der Waals surface area contributed by atoms with Crippen LogP contribution in [0.5, 0.6) is 0 Å². The molecule has 1 fully saturated rings. The average molecular weight is 372 g/mol. The number of aromatic nitrogens is 1. The lowest BCUT2D eigenvalue weighted by Crippen LogP contribution is -2.22. The molecule has 1 aliphatic heterocycles. The highest BCUT2D eigenvalue weighted by Crippen LogP contribution is 2.26. The van der Waals surface area contributed by atoms with Crippen LogP contribution < -0.4 is 10.2 Å². The van der Waals surface area contributed by atoms with E-state index in [1.54, 1.807) is 0 Å². The topological polar surface area (TPSA) is 41.3 Å². The van der Waals surface area contributed by atoms with Crippen LogP contribution in [0.15, 0.2) is 57.4 Å². The zero-order chi connectivity index (χ0) is 15.6. The standard InChI is InChI=1S/C18H18BrN3O/c19-14-4-3-5-15(10-14)22-9-8-13(12-22)11-20-18-21-16-6-1-2-7-17(16)23-18/h1-7,10,13H,8-9,11-12H2,(H,20,21)/t13-/m1/s1. The van der Waals surface area contributed by atoms with Gasteiger partial charge in [-0.2, -0.15) is 4.98 Å². The van der Waals surface area contributed by atoms with E-state index in [0.717, 1.165) is 35.2 Å². The molecular weight excluding hydrogens is 354 g/mol. The van der Waals surface area contributed by atoms with Crippen molar-refractivity contribution in [2.75, 3.05) is 29.9 Å². The molecule has 1 saturated heterocycles. The first-order chi connectivity index (χ1) is 11.3. The van der Waals surface area contributed by atoms with Gasteiger partial charge in [0.1, 0.15) is 5.52 Å². The number of hydrogen-bond donors (Lipinski definition) is 1. The number of hydrogen-bond acceptors (Lipinski definition) is 4. The SMILES string of the molecule is Brc1cccc(N2CC[C@H](CNc3nc4ccccc4o3)C2)c1. The van der Waals surface area contributed by atoms with Crippen LogP contribution in [0, 0.1) is 5.92 Å². The first-order valence-electron chi connectivity index (χ1n) is 7.88. The molecule has 5 heteroatoms. The van der Waals surface area contributed by atoms with Crippen molar-refractivity contribution in [3.63, 3.8) is 0 Å². The zero-order valence-electron chi connectivity index (χ0n) is 12.7. The summed E-state index contributed by atoms with van der Waals surface area (Å²) in [6.45, 7) is 3.04. The van der Waals surface area contributed by atoms with Gasteiger partial charge >= 0.3 is 0 Å². The van der Waals surface area contributed by atoms with Gasteiger partial charge in [-0.15, -0.1) is 0 Å². The van der Waals surface area contributed by atoms with Gasteiger partial charge in [-0.3, -0.25) is 0 Å². The van der Waals surface area contributed by atoms with Crippen molar-refractivity contribution in [1.82, 2.24) is 4.98 Å². The first kappa shape index (κ1) is 14.6. The van der Waals surface area contributed by atoms with Crippen LogP contribution in [0.4, 0.5) is 11.7 Å². The largest absolute Gasteiger partial charge is 0.424 e. The molecule has 2 aromatic carbocycles. The predicted molar refractivity (Wildman–Crippen MR) is 97.0 cm³/mol. The van der Waals surface area contributed by atoms with Crippen LogP contribution in [0.25, 0.3) is 11.1 Å². The van der Waals surface area contributed by atoms with Crippen LogP contribution in [-0.4, -0.2) is 24.6 Å². The minimum Gasteiger partial charge on any atom is -0.424 e. The maximum Gasteiger partial charge on any atom is 0.295 e. The minimum absolute atomic E-state index is 0.601. The second-order valence-electron chi connectivity index (χ2n) is 5.95. The molecule has 0 saturated carbocycles. The molecule has 0 aliphatic carbocycles. The van der Waals surface area contributed by atoms with Crippen LogP contribution in [-0.2, 0) is 0 Å². The summed E-state index contributed by atoms with van der Waals surface area (Å²) in [6, 6.07) is 17.0. The zero-order valence-corrected chi connectivity index (χ0v) is 14.3. The minimum atomic E-state index is 0.601. The van der Waals surface area contributed by atoms with E-state index in [4.69, 9.17) is 4.42 Å². The van der Waals surface area contributed by atoms with Crippen LogP contribution >= 0.6 is 15.9 Å². The summed E-state index contributed by atoms with van der Waals surface area (Å²) in [5.74, 6) is 0.601. The van der Waals surface area contributed by atoms with Gasteiger partial charge in [-0.25, -0.2) is 0 Å². The van der Waals surface area contributed by atoms with Gasteiger partial charge < -0.3 is 14.6 Å². The number of benzene rings is 2. The molecule has 0 radical (unpaired) electrons. The van der Waals surface area contributed by atoms with E-state index in [2.05, 4.69) is 55.4 Å². The van der Waals surface area contributed by atoms with E-state index in [0.29, 0.717) is 11.9 Å². The van der Waals surface area contributed by atoms with Gasteiger partial charge in [0.05, 0.1) is 0 Å². The van der Waals surface area contributed by atoms with E-state index in [-0.39, 0.29) is 0 Å². The smallest absolute Gasteiger partial charge is 0.295 e. The fourth-order valence-electron chi connectivity index (χ4n) is 3.09. The highest BCUT2D eigenvalue weighted by molar-refractivity contribution is 9.10. The summed E-state index contributed by atoms with van der Waals surface area (Å²) < 4.78 is 6.84. The lowest BCUT2D eigenvalue weighted by molar-refractivity contribution is 0.577. The third-order valence-electron chi connectivity index (χ3n) is 4.30. The number of oxazole rings is 1. The second kappa shape index (κ2) is 6.24. The number of halogens is 1. The molecule has 1 N–H and O–H groups in total. The normalized spacial score (nSPS) is 17.8. The Bertz CT molecular complexity index is 784. The summed E-state index contributed by atoms with van der Waals surface area (Å²) in [5.41, 5.74) is 3.01. The Morgan fingerprint density at radius 3 is 3.00 bits per heavy atom. The highest BCUT2D eigenvalue weighted by Gasteiger charge is 2.23. The molecule has 0 bridgehead atoms. The highest BCUT2D eigenvalue weighted by atomic mass is 79.9. The molecule has 23 heavy (non-hydrogen) atoms. The van der Waals surface area contributed by atoms with Gasteiger partial charge in [0.15, 0.2) is 5.58 Å². The van der Waals surface area contributed by atoms with Crippen LogP contribution in [0.1, 0.15) is 6.42 Å². The maximum atomic E-state index is 5.71. The van der Waals surface area contributed by atoms with Gasteiger partial charge in [0.25, 0.3) is 6.01 Å². The molecule has 1 aliphatic rings. The fraction of sp³-hybridized carbons (Fsp3) is 0.278. The van der Waals surface area contributed by atoms with Gasteiger partial charge in [-0.1, -0.05) is 34.1 Å². The Hall–Kier alpha value is -2.01. The van der Waals surface area contributed by atoms with Gasteiger partial charge in [0, 0.05) is 29.8 Å². The maximum absolute atomic E-state index is 5.71. The fourth-order valence-corrected chi connectivity index (χ4v) is 3.47. The Kier molecular flexibility index (Phi) is 3.95. The van der Waals surface area contributed by atoms with Crippen molar-refractivity contribution in [1.29, 1.82) is 0 Å². The predicted octanol–water partition coefficient (Wildman–Crippen LogP) is 4.53. The van der Waals surface area contributed by atoms with E-state index >= 15 is 0 Å². The molecular formula is C18H18BrN3O. The number of nitrogens with zero attached hydrogens (tertiary/aromatic N) is 2. The summed E-state index contributed by atoms with van der Waals surface area (Å²) in [7, 11) is 0. The number of rotatable bonds is 4. The molecule has 0 spiro atoms. The Morgan fingerprint density at radius 1 is 1.22 bits per heavy atom. The molecule has 3 aromatic rings.